The quantitative estimate of drug-likeness (QED) is 0.758. The molecular weight excluding hydrogens is 209 g/mol. The van der Waals surface area contributed by atoms with Crippen LogP contribution >= 0.6 is 0 Å². The van der Waals surface area contributed by atoms with E-state index in [1.807, 2.05) is 13.8 Å². The Morgan fingerprint density at radius 2 is 1.75 bits per heavy atom. The van der Waals surface area contributed by atoms with Gasteiger partial charge in [-0.1, -0.05) is 18.2 Å². The lowest BCUT2D eigenvalue weighted by atomic mass is 10.1. The first-order valence-electron chi connectivity index (χ1n) is 5.43. The van der Waals surface area contributed by atoms with Crippen LogP contribution in [0.25, 0.3) is 0 Å². The van der Waals surface area contributed by atoms with Gasteiger partial charge in [-0.3, -0.25) is 0 Å². The fraction of sp³-hybridized carbons (Fsp3) is 0.500. The van der Waals surface area contributed by atoms with Crippen molar-refractivity contribution in [2.45, 2.75) is 26.2 Å². The minimum Gasteiger partial charge on any atom is -0.351 e. The number of ether oxygens (including phenoxy) is 2. The summed E-state index contributed by atoms with van der Waals surface area (Å²) in [6.45, 7) is 4.65. The molecule has 0 aromatic heterocycles. The van der Waals surface area contributed by atoms with Gasteiger partial charge in [-0.05, 0) is 19.9 Å². The van der Waals surface area contributed by atoms with Crippen LogP contribution in [0, 0.1) is 5.82 Å². The summed E-state index contributed by atoms with van der Waals surface area (Å²) < 4.78 is 24.2. The maximum Gasteiger partial charge on any atom is 0.176 e. The lowest BCUT2D eigenvalue weighted by Crippen LogP contribution is -2.32. The van der Waals surface area contributed by atoms with Gasteiger partial charge in [0, 0.05) is 18.8 Å². The Morgan fingerprint density at radius 1 is 1.19 bits per heavy atom. The van der Waals surface area contributed by atoms with E-state index >= 15 is 0 Å². The Labute approximate surface area is 95.4 Å². The summed E-state index contributed by atoms with van der Waals surface area (Å²) in [5.41, 5.74) is 6.33. The number of halogens is 1. The van der Waals surface area contributed by atoms with Crippen LogP contribution < -0.4 is 5.73 Å². The van der Waals surface area contributed by atoms with Crippen LogP contribution in [0.15, 0.2) is 24.3 Å². The van der Waals surface area contributed by atoms with Crippen molar-refractivity contribution in [2.24, 2.45) is 5.73 Å². The summed E-state index contributed by atoms with van der Waals surface area (Å²) in [5, 5.41) is 0. The van der Waals surface area contributed by atoms with Gasteiger partial charge < -0.3 is 15.2 Å². The number of hydrogen-bond donors (Lipinski definition) is 1. The van der Waals surface area contributed by atoms with Crippen LogP contribution in [0.2, 0.25) is 0 Å². The van der Waals surface area contributed by atoms with Gasteiger partial charge in [0.2, 0.25) is 0 Å². The van der Waals surface area contributed by atoms with Gasteiger partial charge in [0.1, 0.15) is 5.82 Å². The third-order valence-electron chi connectivity index (χ3n) is 2.22. The topological polar surface area (TPSA) is 44.5 Å². The molecule has 0 heterocycles. The second-order valence-corrected chi connectivity index (χ2v) is 3.33. The van der Waals surface area contributed by atoms with Crippen LogP contribution in [-0.4, -0.2) is 19.5 Å². The first-order chi connectivity index (χ1) is 7.70. The normalized spacial score (nSPS) is 13.1. The zero-order valence-corrected chi connectivity index (χ0v) is 9.65. The number of rotatable bonds is 6. The predicted octanol–water partition coefficient (Wildman–Crippen LogP) is 2.22. The first kappa shape index (κ1) is 13.1. The molecule has 90 valence electrons. The molecule has 0 aliphatic rings. The smallest absolute Gasteiger partial charge is 0.176 e. The van der Waals surface area contributed by atoms with E-state index in [0.29, 0.717) is 18.8 Å². The van der Waals surface area contributed by atoms with E-state index in [1.165, 1.54) is 6.07 Å². The van der Waals surface area contributed by atoms with Crippen molar-refractivity contribution in [3.8, 4) is 0 Å². The van der Waals surface area contributed by atoms with Gasteiger partial charge in [-0.15, -0.1) is 0 Å². The Morgan fingerprint density at radius 3 is 2.25 bits per heavy atom. The maximum atomic E-state index is 13.5. The van der Waals surface area contributed by atoms with Gasteiger partial charge in [-0.2, -0.15) is 0 Å². The zero-order chi connectivity index (χ0) is 12.0. The van der Waals surface area contributed by atoms with E-state index in [9.17, 15) is 4.39 Å². The molecule has 0 aliphatic heterocycles. The third-order valence-corrected chi connectivity index (χ3v) is 2.22. The average molecular weight is 227 g/mol. The van der Waals surface area contributed by atoms with Gasteiger partial charge in [-0.25, -0.2) is 4.39 Å². The molecule has 0 radical (unpaired) electrons. The fourth-order valence-electron chi connectivity index (χ4n) is 1.48. The number of hydrogen-bond acceptors (Lipinski definition) is 3. The molecule has 4 heteroatoms. The second kappa shape index (κ2) is 6.58. The van der Waals surface area contributed by atoms with Crippen LogP contribution in [0.5, 0.6) is 0 Å². The molecule has 16 heavy (non-hydrogen) atoms. The molecule has 0 saturated heterocycles. The Kier molecular flexibility index (Phi) is 5.38. The highest BCUT2D eigenvalue weighted by atomic mass is 19.1. The predicted molar refractivity (Wildman–Crippen MR) is 60.4 cm³/mol. The Bertz CT molecular complexity index is 314. The lowest BCUT2D eigenvalue weighted by Gasteiger charge is -2.24. The van der Waals surface area contributed by atoms with Crippen molar-refractivity contribution in [1.29, 1.82) is 0 Å². The van der Waals surface area contributed by atoms with E-state index in [-0.39, 0.29) is 5.82 Å². The summed E-state index contributed by atoms with van der Waals surface area (Å²) in [6, 6.07) is 5.78. The zero-order valence-electron chi connectivity index (χ0n) is 9.65. The highest BCUT2D eigenvalue weighted by molar-refractivity contribution is 5.21. The van der Waals surface area contributed by atoms with Crippen molar-refractivity contribution in [3.05, 3.63) is 35.6 Å². The number of benzene rings is 1. The summed E-state index contributed by atoms with van der Waals surface area (Å²) in [5.74, 6) is -0.334. The highest BCUT2D eigenvalue weighted by Gasteiger charge is 2.22. The molecule has 0 saturated carbocycles. The third kappa shape index (κ3) is 3.27. The Hall–Kier alpha value is -0.970. The van der Waals surface area contributed by atoms with E-state index in [2.05, 4.69) is 0 Å². The van der Waals surface area contributed by atoms with Crippen LogP contribution in [0.1, 0.15) is 25.5 Å². The SMILES string of the molecule is CCOC(OCC)C(N)c1ccccc1F. The molecule has 1 rings (SSSR count). The molecule has 0 spiro atoms. The standard InChI is InChI=1S/C12H18FNO2/c1-3-15-12(16-4-2)11(14)9-7-5-6-8-10(9)13/h5-8,11-12H,3-4,14H2,1-2H3. The van der Waals surface area contributed by atoms with E-state index < -0.39 is 12.3 Å². The van der Waals surface area contributed by atoms with Crippen molar-refractivity contribution in [3.63, 3.8) is 0 Å². The lowest BCUT2D eigenvalue weighted by molar-refractivity contribution is -0.149. The van der Waals surface area contributed by atoms with Gasteiger partial charge in [0.15, 0.2) is 6.29 Å². The molecule has 0 bridgehead atoms. The average Bonchev–Trinajstić information content (AvgIpc) is 2.28. The molecule has 1 atom stereocenters. The molecule has 1 aromatic carbocycles. The minimum atomic E-state index is -0.610. The van der Waals surface area contributed by atoms with Crippen LogP contribution in [-0.2, 0) is 9.47 Å². The molecule has 3 nitrogen and oxygen atoms in total. The summed E-state index contributed by atoms with van der Waals surface area (Å²) in [6.07, 6.45) is -0.605. The van der Waals surface area contributed by atoms with E-state index in [0.717, 1.165) is 0 Å². The molecule has 0 amide bonds. The monoisotopic (exact) mass is 227 g/mol. The highest BCUT2D eigenvalue weighted by Crippen LogP contribution is 2.20. The summed E-state index contributed by atoms with van der Waals surface area (Å²) in [4.78, 5) is 0. The van der Waals surface area contributed by atoms with Crippen molar-refractivity contribution >= 4 is 0 Å². The fourth-order valence-corrected chi connectivity index (χ4v) is 1.48. The molecular formula is C12H18FNO2. The molecule has 0 aliphatic carbocycles. The summed E-state index contributed by atoms with van der Waals surface area (Å²) in [7, 11) is 0. The molecule has 2 N–H and O–H groups in total. The molecule has 1 unspecified atom stereocenters. The van der Waals surface area contributed by atoms with Gasteiger partial charge in [0.05, 0.1) is 6.04 Å². The minimum absolute atomic E-state index is 0.334. The van der Waals surface area contributed by atoms with Crippen molar-refractivity contribution in [1.82, 2.24) is 0 Å². The van der Waals surface area contributed by atoms with Gasteiger partial charge in [0.25, 0.3) is 0 Å². The largest absolute Gasteiger partial charge is 0.351 e. The summed E-state index contributed by atoms with van der Waals surface area (Å²) >= 11 is 0. The molecule has 0 fully saturated rings. The van der Waals surface area contributed by atoms with Gasteiger partial charge >= 0.3 is 0 Å². The number of nitrogens with two attached hydrogens (primary N) is 1. The second-order valence-electron chi connectivity index (χ2n) is 3.33. The molecule has 1 aromatic rings. The Balaban J connectivity index is 2.81. The van der Waals surface area contributed by atoms with Crippen molar-refractivity contribution < 1.29 is 13.9 Å². The maximum absolute atomic E-state index is 13.5. The van der Waals surface area contributed by atoms with E-state index in [1.54, 1.807) is 18.2 Å². The van der Waals surface area contributed by atoms with Crippen LogP contribution in [0.3, 0.4) is 0 Å². The van der Waals surface area contributed by atoms with Crippen molar-refractivity contribution in [2.75, 3.05) is 13.2 Å². The van der Waals surface area contributed by atoms with Crippen LogP contribution in [0.4, 0.5) is 4.39 Å². The van der Waals surface area contributed by atoms with E-state index in [4.69, 9.17) is 15.2 Å². The first-order valence-corrected chi connectivity index (χ1v) is 5.43.